The highest BCUT2D eigenvalue weighted by atomic mass is 16.5. The van der Waals surface area contributed by atoms with Crippen molar-refractivity contribution in [2.45, 2.75) is 11.8 Å². The molecule has 0 aliphatic carbocycles. The summed E-state index contributed by atoms with van der Waals surface area (Å²) in [5.41, 5.74) is 1.67. The molecule has 0 saturated carbocycles. The molecule has 6 heteroatoms. The van der Waals surface area contributed by atoms with Gasteiger partial charge in [0.1, 0.15) is 23.0 Å². The molecule has 2 aliphatic rings. The number of benzene rings is 3. The van der Waals surface area contributed by atoms with E-state index in [9.17, 15) is 15.1 Å². The van der Waals surface area contributed by atoms with Gasteiger partial charge < -0.3 is 19.7 Å². The monoisotopic (exact) mass is 347 g/mol. The molecule has 5 rings (SSSR count). The largest absolute Gasteiger partial charge is 0.508 e. The highest BCUT2D eigenvalue weighted by Crippen LogP contribution is 2.59. The predicted octanol–water partition coefficient (Wildman–Crippen LogP) is 4.29. The summed E-state index contributed by atoms with van der Waals surface area (Å²) in [5, 5.41) is 22.9. The number of hydrogen-bond acceptors (Lipinski definition) is 6. The van der Waals surface area contributed by atoms with Crippen LogP contribution in [0.3, 0.4) is 0 Å². The van der Waals surface area contributed by atoms with Crippen molar-refractivity contribution >= 4 is 0 Å². The first kappa shape index (κ1) is 14.9. The SMILES string of the molecule is O=NC1OC2(c3ccc(O)cc3Oc3cc(O)ccc32)c2ccccc21. The van der Waals surface area contributed by atoms with Crippen molar-refractivity contribution < 1.29 is 19.7 Å². The molecule has 0 radical (unpaired) electrons. The van der Waals surface area contributed by atoms with E-state index in [0.29, 0.717) is 28.2 Å². The third kappa shape index (κ3) is 1.79. The maximum absolute atomic E-state index is 11.4. The fourth-order valence-electron chi connectivity index (χ4n) is 3.86. The molecule has 0 bridgehead atoms. The van der Waals surface area contributed by atoms with Crippen LogP contribution in [0.25, 0.3) is 0 Å². The van der Waals surface area contributed by atoms with Gasteiger partial charge in [0.25, 0.3) is 0 Å². The minimum Gasteiger partial charge on any atom is -0.508 e. The van der Waals surface area contributed by atoms with Gasteiger partial charge in [-0.1, -0.05) is 24.3 Å². The maximum Gasteiger partial charge on any atom is 0.217 e. The first-order valence-electron chi connectivity index (χ1n) is 8.08. The number of fused-ring (bicyclic) bond motifs is 6. The van der Waals surface area contributed by atoms with E-state index >= 15 is 0 Å². The first-order valence-corrected chi connectivity index (χ1v) is 8.08. The van der Waals surface area contributed by atoms with Crippen molar-refractivity contribution in [2.75, 3.05) is 0 Å². The molecular weight excluding hydrogens is 334 g/mol. The Hall–Kier alpha value is -3.38. The van der Waals surface area contributed by atoms with Crippen molar-refractivity contribution in [1.82, 2.24) is 0 Å². The van der Waals surface area contributed by atoms with Crippen LogP contribution in [-0.2, 0) is 10.3 Å². The van der Waals surface area contributed by atoms with Crippen LogP contribution >= 0.6 is 0 Å². The smallest absolute Gasteiger partial charge is 0.217 e. The van der Waals surface area contributed by atoms with Crippen molar-refractivity contribution in [1.29, 1.82) is 0 Å². The van der Waals surface area contributed by atoms with Crippen molar-refractivity contribution in [3.63, 3.8) is 0 Å². The van der Waals surface area contributed by atoms with Gasteiger partial charge in [0.15, 0.2) is 5.60 Å². The Balaban J connectivity index is 1.89. The molecule has 0 aromatic heterocycles. The molecule has 2 aliphatic heterocycles. The molecule has 1 spiro atoms. The van der Waals surface area contributed by atoms with Gasteiger partial charge in [0, 0.05) is 34.4 Å². The zero-order chi connectivity index (χ0) is 17.9. The number of nitroso groups, excluding NO2 is 1. The van der Waals surface area contributed by atoms with Gasteiger partial charge >= 0.3 is 0 Å². The molecule has 128 valence electrons. The third-order valence-electron chi connectivity index (χ3n) is 4.90. The lowest BCUT2D eigenvalue weighted by molar-refractivity contribution is -0.0238. The molecule has 6 nitrogen and oxygen atoms in total. The van der Waals surface area contributed by atoms with Crippen LogP contribution in [0.4, 0.5) is 0 Å². The van der Waals surface area contributed by atoms with E-state index < -0.39 is 11.8 Å². The van der Waals surface area contributed by atoms with Gasteiger partial charge in [-0.15, -0.1) is 4.91 Å². The Morgan fingerprint density at radius 2 is 1.46 bits per heavy atom. The van der Waals surface area contributed by atoms with E-state index in [4.69, 9.17) is 9.47 Å². The van der Waals surface area contributed by atoms with E-state index in [0.717, 1.165) is 5.56 Å². The number of phenols is 2. The summed E-state index contributed by atoms with van der Waals surface area (Å²) in [6, 6.07) is 16.9. The average Bonchev–Trinajstić information content (AvgIpc) is 2.97. The number of nitrogens with zero attached hydrogens (tertiary/aromatic N) is 1. The van der Waals surface area contributed by atoms with Gasteiger partial charge in [0.2, 0.25) is 6.23 Å². The fourth-order valence-corrected chi connectivity index (χ4v) is 3.86. The molecule has 1 unspecified atom stereocenters. The van der Waals surface area contributed by atoms with E-state index in [1.165, 1.54) is 12.1 Å². The summed E-state index contributed by atoms with van der Waals surface area (Å²) in [4.78, 5) is 11.4. The second-order valence-electron chi connectivity index (χ2n) is 6.31. The van der Waals surface area contributed by atoms with Crippen LogP contribution in [-0.4, -0.2) is 10.2 Å². The molecule has 26 heavy (non-hydrogen) atoms. The molecule has 1 atom stereocenters. The predicted molar refractivity (Wildman–Crippen MR) is 92.2 cm³/mol. The highest BCUT2D eigenvalue weighted by molar-refractivity contribution is 5.65. The van der Waals surface area contributed by atoms with E-state index in [1.807, 2.05) is 24.3 Å². The molecule has 2 N–H and O–H groups in total. The Morgan fingerprint density at radius 1 is 0.846 bits per heavy atom. The van der Waals surface area contributed by atoms with Crippen molar-refractivity contribution in [3.05, 3.63) is 87.8 Å². The summed E-state index contributed by atoms with van der Waals surface area (Å²) in [7, 11) is 0. The normalized spacial score (nSPS) is 18.5. The summed E-state index contributed by atoms with van der Waals surface area (Å²) < 4.78 is 12.1. The van der Waals surface area contributed by atoms with Crippen LogP contribution in [0.2, 0.25) is 0 Å². The van der Waals surface area contributed by atoms with Crippen molar-refractivity contribution in [3.8, 4) is 23.0 Å². The van der Waals surface area contributed by atoms with Crippen molar-refractivity contribution in [2.24, 2.45) is 5.18 Å². The molecule has 3 aromatic carbocycles. The van der Waals surface area contributed by atoms with Crippen LogP contribution < -0.4 is 4.74 Å². The Morgan fingerprint density at radius 3 is 2.08 bits per heavy atom. The Labute approximate surface area is 148 Å². The standard InChI is InChI=1S/C20H13NO5/c22-11-5-7-15-17(9-11)25-18-10-12(23)6-8-16(18)20(15)14-4-2-1-3-13(14)19(21-24)26-20/h1-10,19,22-23H. The molecule has 2 heterocycles. The number of phenolic OH excluding ortho intramolecular Hbond substituents is 2. The minimum absolute atomic E-state index is 0.0406. The van der Waals surface area contributed by atoms with E-state index in [-0.39, 0.29) is 11.5 Å². The topological polar surface area (TPSA) is 88.4 Å². The second kappa shape index (κ2) is 5.06. The van der Waals surface area contributed by atoms with E-state index in [2.05, 4.69) is 5.18 Å². The molecule has 0 saturated heterocycles. The fraction of sp³-hybridized carbons (Fsp3) is 0.100. The maximum atomic E-state index is 11.4. The minimum atomic E-state index is -1.11. The zero-order valence-electron chi connectivity index (χ0n) is 13.4. The van der Waals surface area contributed by atoms with Crippen LogP contribution in [0.1, 0.15) is 28.5 Å². The van der Waals surface area contributed by atoms with Crippen LogP contribution in [0.5, 0.6) is 23.0 Å². The molecule has 3 aromatic rings. The number of ether oxygens (including phenoxy) is 2. The second-order valence-corrected chi connectivity index (χ2v) is 6.31. The van der Waals surface area contributed by atoms with Crippen LogP contribution in [0.15, 0.2) is 65.8 Å². The lowest BCUT2D eigenvalue weighted by Gasteiger charge is -2.37. The number of rotatable bonds is 1. The number of hydrogen-bond donors (Lipinski definition) is 2. The van der Waals surface area contributed by atoms with Gasteiger partial charge in [-0.05, 0) is 29.4 Å². The zero-order valence-corrected chi connectivity index (χ0v) is 13.4. The van der Waals surface area contributed by atoms with E-state index in [1.54, 1.807) is 24.3 Å². The summed E-state index contributed by atoms with van der Waals surface area (Å²) in [6.45, 7) is 0. The molecular formula is C20H13NO5. The summed E-state index contributed by atoms with van der Waals surface area (Å²) >= 11 is 0. The Bertz CT molecular complexity index is 1010. The van der Waals surface area contributed by atoms with Crippen LogP contribution in [0, 0.1) is 4.91 Å². The lowest BCUT2D eigenvalue weighted by atomic mass is 9.77. The van der Waals surface area contributed by atoms with Gasteiger partial charge in [0.05, 0.1) is 0 Å². The van der Waals surface area contributed by atoms with Gasteiger partial charge in [-0.25, -0.2) is 0 Å². The third-order valence-corrected chi connectivity index (χ3v) is 4.90. The quantitative estimate of drug-likeness (QED) is 0.641. The molecule has 0 amide bonds. The van der Waals surface area contributed by atoms with Gasteiger partial charge in [-0.3, -0.25) is 0 Å². The summed E-state index contributed by atoms with van der Waals surface area (Å²) in [5.74, 6) is 0.867. The number of aromatic hydroxyl groups is 2. The molecule has 0 fully saturated rings. The average molecular weight is 347 g/mol. The Kier molecular flexibility index (Phi) is 2.90. The first-order chi connectivity index (χ1) is 12.6. The lowest BCUT2D eigenvalue weighted by Crippen LogP contribution is -2.32. The highest BCUT2D eigenvalue weighted by Gasteiger charge is 2.53. The summed E-state index contributed by atoms with van der Waals surface area (Å²) in [6.07, 6.45) is -0.965. The van der Waals surface area contributed by atoms with Gasteiger partial charge in [-0.2, -0.15) is 0 Å².